The highest BCUT2D eigenvalue weighted by Crippen LogP contribution is 2.56. The minimum Gasteiger partial charge on any atom is -0.318 e. The number of hydrogen-bond donors (Lipinski definition) is 1. The molecule has 0 aliphatic heterocycles. The summed E-state index contributed by atoms with van der Waals surface area (Å²) in [4.78, 5) is 11.6. The lowest BCUT2D eigenvalue weighted by Gasteiger charge is -2.40. The Morgan fingerprint density at radius 1 is 0.622 bits per heavy atom. The molecule has 1 aromatic rings. The predicted molar refractivity (Wildman–Crippen MR) is 77.9 cm³/mol. The molecule has 0 aliphatic rings. The zero-order chi connectivity index (χ0) is 29.7. The molecule has 0 fully saturated rings. The van der Waals surface area contributed by atoms with Gasteiger partial charge in [0.2, 0.25) is 0 Å². The van der Waals surface area contributed by atoms with Gasteiger partial charge in [0, 0.05) is 0 Å². The number of benzene rings is 1. The van der Waals surface area contributed by atoms with Crippen molar-refractivity contribution >= 4 is 11.6 Å². The Hall–Kier alpha value is -2.65. The van der Waals surface area contributed by atoms with Gasteiger partial charge in [0.1, 0.15) is 5.82 Å². The molecule has 0 saturated heterocycles. The number of ether oxygens (including phenoxy) is 2. The highest BCUT2D eigenvalue weighted by atomic mass is 19.4. The van der Waals surface area contributed by atoms with Crippen molar-refractivity contribution in [2.45, 2.75) is 48.4 Å². The van der Waals surface area contributed by atoms with Gasteiger partial charge in [-0.25, -0.2) is 4.39 Å². The molecule has 1 rings (SSSR count). The molecule has 0 saturated carbocycles. The van der Waals surface area contributed by atoms with Crippen molar-refractivity contribution in [3.63, 3.8) is 0 Å². The predicted octanol–water partition coefficient (Wildman–Crippen LogP) is 6.64. The van der Waals surface area contributed by atoms with Crippen LogP contribution in [0.25, 0.3) is 0 Å². The van der Waals surface area contributed by atoms with Crippen LogP contribution in [0.15, 0.2) is 24.3 Å². The molecule has 0 spiro atoms. The van der Waals surface area contributed by atoms with Crippen LogP contribution in [-0.2, 0) is 14.3 Å². The van der Waals surface area contributed by atoms with E-state index in [1.807, 2.05) is 4.74 Å². The molecule has 0 aromatic heterocycles. The molecule has 214 valence electrons. The van der Waals surface area contributed by atoms with Crippen LogP contribution in [0.2, 0.25) is 0 Å². The third kappa shape index (κ3) is 5.77. The Morgan fingerprint density at radius 2 is 1.08 bits per heavy atom. The van der Waals surface area contributed by atoms with Crippen molar-refractivity contribution in [2.75, 3.05) is 5.32 Å². The Morgan fingerprint density at radius 3 is 1.46 bits per heavy atom. The minimum atomic E-state index is -8.13. The Bertz CT molecular complexity index is 986. The van der Waals surface area contributed by atoms with Crippen molar-refractivity contribution in [1.29, 1.82) is 0 Å². The molecule has 1 aromatic carbocycles. The first-order valence-corrected chi connectivity index (χ1v) is 8.25. The lowest BCUT2D eigenvalue weighted by Crippen LogP contribution is -2.68. The maximum Gasteiger partial charge on any atom is 0.462 e. The van der Waals surface area contributed by atoms with E-state index in [1.54, 1.807) is 0 Å². The summed E-state index contributed by atoms with van der Waals surface area (Å²) in [6.45, 7) is 0. The highest BCUT2D eigenvalue weighted by Gasteiger charge is 2.85. The zero-order valence-corrected chi connectivity index (χ0v) is 16.3. The van der Waals surface area contributed by atoms with E-state index in [2.05, 4.69) is 0 Å². The number of halogens is 18. The van der Waals surface area contributed by atoms with E-state index in [1.165, 1.54) is 4.74 Å². The summed E-state index contributed by atoms with van der Waals surface area (Å²) < 4.78 is 238. The van der Waals surface area contributed by atoms with E-state index >= 15 is 0 Å². The number of amides is 1. The fraction of sp³-hybridized carbons (Fsp3) is 0.533. The maximum absolute atomic E-state index is 14.3. The lowest BCUT2D eigenvalue weighted by molar-refractivity contribution is -0.548. The number of carbonyl (C=O) groups excluding carboxylic acids is 1. The summed E-state index contributed by atoms with van der Waals surface area (Å²) in [5, 5.41) is 0.534. The fourth-order valence-corrected chi connectivity index (χ4v) is 1.93. The first kappa shape index (κ1) is 32.4. The molecule has 0 heterocycles. The first-order valence-electron chi connectivity index (χ1n) is 8.25. The SMILES string of the molecule is O=C(Nc1ccccc1F)[C@](F)(OC(F)(F)[C@](F)(OC(F)(F)C(F)(F)C(F)(F)F)C(F)(F)F)C(F)(F)F. The molecule has 0 unspecified atom stereocenters. The van der Waals surface area contributed by atoms with Gasteiger partial charge in [-0.05, 0) is 12.1 Å². The van der Waals surface area contributed by atoms with Crippen LogP contribution in [0.5, 0.6) is 0 Å². The quantitative estimate of drug-likeness (QED) is 0.347. The van der Waals surface area contributed by atoms with Gasteiger partial charge in [0.25, 0.3) is 5.91 Å². The monoisotopic (exact) mass is 589 g/mol. The number of rotatable bonds is 8. The van der Waals surface area contributed by atoms with Gasteiger partial charge in [-0.1, -0.05) is 12.1 Å². The summed E-state index contributed by atoms with van der Waals surface area (Å²) in [6.07, 6.45) is -38.9. The van der Waals surface area contributed by atoms with Crippen molar-refractivity contribution in [1.82, 2.24) is 0 Å². The number of para-hydroxylation sites is 1. The van der Waals surface area contributed by atoms with Crippen molar-refractivity contribution in [3.8, 4) is 0 Å². The van der Waals surface area contributed by atoms with Gasteiger partial charge in [0.15, 0.2) is 0 Å². The molecule has 37 heavy (non-hydrogen) atoms. The Balaban J connectivity index is 3.64. The van der Waals surface area contributed by atoms with E-state index in [4.69, 9.17) is 0 Å². The summed E-state index contributed by atoms with van der Waals surface area (Å²) in [5.74, 6) is -28.5. The number of nitrogens with one attached hydrogen (secondary N) is 1. The van der Waals surface area contributed by atoms with Crippen LogP contribution in [0.4, 0.5) is 84.7 Å². The van der Waals surface area contributed by atoms with Crippen LogP contribution in [-0.4, -0.2) is 54.3 Å². The number of hydrogen-bond acceptors (Lipinski definition) is 3. The van der Waals surface area contributed by atoms with E-state index in [9.17, 15) is 83.8 Å². The van der Waals surface area contributed by atoms with Crippen LogP contribution in [0.3, 0.4) is 0 Å². The number of alkyl halides is 17. The van der Waals surface area contributed by atoms with E-state index in [-0.39, 0.29) is 0 Å². The molecule has 1 amide bonds. The van der Waals surface area contributed by atoms with Gasteiger partial charge in [-0.3, -0.25) is 14.3 Å². The van der Waals surface area contributed by atoms with Crippen molar-refractivity contribution in [2.24, 2.45) is 0 Å². The average Bonchev–Trinajstić information content (AvgIpc) is 2.66. The smallest absolute Gasteiger partial charge is 0.318 e. The normalized spacial score (nSPS) is 17.7. The second-order valence-electron chi connectivity index (χ2n) is 6.43. The third-order valence-corrected chi connectivity index (χ3v) is 3.78. The topological polar surface area (TPSA) is 47.6 Å². The van der Waals surface area contributed by atoms with Crippen LogP contribution in [0.1, 0.15) is 0 Å². The Labute approximate surface area is 190 Å². The Kier molecular flexibility index (Phi) is 8.11. The second-order valence-corrected chi connectivity index (χ2v) is 6.43. The summed E-state index contributed by atoms with van der Waals surface area (Å²) in [5.41, 5.74) is -1.51. The molecule has 0 aliphatic carbocycles. The maximum atomic E-state index is 14.3. The minimum absolute atomic E-state index is 0.292. The second kappa shape index (κ2) is 9.27. The summed E-state index contributed by atoms with van der Waals surface area (Å²) >= 11 is 0. The molecule has 0 radical (unpaired) electrons. The van der Waals surface area contributed by atoms with Crippen molar-refractivity contribution < 1.29 is 93.3 Å². The summed E-state index contributed by atoms with van der Waals surface area (Å²) in [6, 6.07) is 2.08. The van der Waals surface area contributed by atoms with Gasteiger partial charge in [0.05, 0.1) is 5.69 Å². The van der Waals surface area contributed by atoms with E-state index < -0.39 is 65.8 Å². The van der Waals surface area contributed by atoms with Gasteiger partial charge < -0.3 is 5.32 Å². The van der Waals surface area contributed by atoms with Gasteiger partial charge in [-0.15, -0.1) is 0 Å². The number of carbonyl (C=O) groups is 1. The molecular formula is C15H5F18NO3. The van der Waals surface area contributed by atoms with Gasteiger partial charge in [-0.2, -0.15) is 74.6 Å². The largest absolute Gasteiger partial charge is 0.462 e. The van der Waals surface area contributed by atoms with Crippen LogP contribution < -0.4 is 5.32 Å². The molecule has 1 N–H and O–H groups in total. The molecule has 2 atom stereocenters. The van der Waals surface area contributed by atoms with Crippen LogP contribution >= 0.6 is 0 Å². The van der Waals surface area contributed by atoms with Crippen LogP contribution in [0, 0.1) is 5.82 Å². The average molecular weight is 589 g/mol. The lowest BCUT2D eigenvalue weighted by atomic mass is 10.2. The first-order chi connectivity index (χ1) is 16.1. The van der Waals surface area contributed by atoms with Crippen molar-refractivity contribution in [3.05, 3.63) is 30.1 Å². The number of anilines is 1. The molecule has 22 heteroatoms. The standard InChI is InChI=1S/C15H5F18NO3/c16-5-3-1-2-4-6(5)34-7(35)8(17,11(21,22)23)36-15(32,33)10(20,13(27,28)29)37-14(30,31)9(18,19)12(24,25)26/h1-4H,(H,34,35)/t8-,10+/m0/s1. The summed E-state index contributed by atoms with van der Waals surface area (Å²) in [7, 11) is 0. The molecular weight excluding hydrogens is 584 g/mol. The zero-order valence-electron chi connectivity index (χ0n) is 16.3. The van der Waals surface area contributed by atoms with Gasteiger partial charge >= 0.3 is 48.4 Å². The highest BCUT2D eigenvalue weighted by molar-refractivity contribution is 5.97. The van der Waals surface area contributed by atoms with E-state index in [0.717, 1.165) is 6.07 Å². The molecule has 0 bridgehead atoms. The third-order valence-electron chi connectivity index (χ3n) is 3.78. The fourth-order valence-electron chi connectivity index (χ4n) is 1.93. The van der Waals surface area contributed by atoms with E-state index in [0.29, 0.717) is 23.5 Å². The molecule has 4 nitrogen and oxygen atoms in total.